The molecule has 0 bridgehead atoms. The molecule has 278 valence electrons. The fourth-order valence-electron chi connectivity index (χ4n) is 5.44. The number of nitrogens with one attached hydrogen (secondary N) is 2. The Kier molecular flexibility index (Phi) is 12.4. The average Bonchev–Trinajstić information content (AvgIpc) is 4.10. The second-order valence-corrected chi connectivity index (χ2v) is 16.6. The van der Waals surface area contributed by atoms with Gasteiger partial charge in [0.15, 0.2) is 11.6 Å². The van der Waals surface area contributed by atoms with Gasteiger partial charge in [-0.05, 0) is 92.0 Å². The van der Waals surface area contributed by atoms with E-state index in [2.05, 4.69) is 0 Å². The highest BCUT2D eigenvalue weighted by molar-refractivity contribution is 7.90. The molecule has 0 heterocycles. The number of Topliss-reactive ketones (excluding diaryl/α,β-unsaturated/α-hetero) is 2. The Labute approximate surface area is 308 Å². The SMILES string of the molecule is Cc1ccc(CO)c(C(=O)NS(=O)(=O)c2ccc(C(=O)CC3CC3)cc2)c1.O=C(CC1CC1)c1ccc(S(=O)(=O)NC(=O)c2ccccc2CO)cc1. The van der Waals surface area contributed by atoms with Gasteiger partial charge in [-0.1, -0.05) is 60.2 Å². The van der Waals surface area contributed by atoms with E-state index in [-0.39, 0.29) is 45.7 Å². The summed E-state index contributed by atoms with van der Waals surface area (Å²) in [6, 6.07) is 22.2. The van der Waals surface area contributed by atoms with Crippen LogP contribution in [0, 0.1) is 18.8 Å². The normalized spacial score (nSPS) is 14.0. The van der Waals surface area contributed by atoms with Crippen molar-refractivity contribution in [3.8, 4) is 0 Å². The molecule has 12 nitrogen and oxygen atoms in total. The third-order valence-corrected chi connectivity index (χ3v) is 11.6. The molecule has 0 atom stereocenters. The molecule has 2 amide bonds. The smallest absolute Gasteiger partial charge is 0.265 e. The number of carbonyl (C=O) groups is 4. The van der Waals surface area contributed by atoms with Crippen LogP contribution in [-0.4, -0.2) is 50.4 Å². The lowest BCUT2D eigenvalue weighted by Gasteiger charge is -2.11. The van der Waals surface area contributed by atoms with Gasteiger partial charge in [-0.15, -0.1) is 0 Å². The number of ketones is 2. The van der Waals surface area contributed by atoms with E-state index in [1.807, 2.05) is 9.44 Å². The first-order valence-corrected chi connectivity index (χ1v) is 20.0. The fourth-order valence-corrected chi connectivity index (χ4v) is 7.37. The summed E-state index contributed by atoms with van der Waals surface area (Å²) < 4.78 is 53.8. The van der Waals surface area contributed by atoms with Gasteiger partial charge < -0.3 is 10.2 Å². The Morgan fingerprint density at radius 2 is 1.00 bits per heavy atom. The maximum Gasteiger partial charge on any atom is 0.265 e. The van der Waals surface area contributed by atoms with Crippen LogP contribution < -0.4 is 9.44 Å². The summed E-state index contributed by atoms with van der Waals surface area (Å²) in [6.45, 7) is 1.02. The molecule has 0 aromatic heterocycles. The number of aliphatic hydroxyl groups excluding tert-OH is 2. The van der Waals surface area contributed by atoms with Gasteiger partial charge in [0, 0.05) is 35.1 Å². The molecule has 2 aliphatic rings. The summed E-state index contributed by atoms with van der Waals surface area (Å²) >= 11 is 0. The lowest BCUT2D eigenvalue weighted by molar-refractivity contribution is 0.0967. The van der Waals surface area contributed by atoms with E-state index in [0.29, 0.717) is 46.9 Å². The second kappa shape index (κ2) is 16.8. The molecule has 0 aliphatic heterocycles. The number of carbonyl (C=O) groups excluding carboxylic acids is 4. The minimum absolute atomic E-state index is 0.00201. The van der Waals surface area contributed by atoms with E-state index in [9.17, 15) is 46.2 Å². The summed E-state index contributed by atoms with van der Waals surface area (Å²) in [5, 5.41) is 18.6. The summed E-state index contributed by atoms with van der Waals surface area (Å²) in [5.74, 6) is -0.720. The lowest BCUT2D eigenvalue weighted by atomic mass is 10.0. The van der Waals surface area contributed by atoms with Gasteiger partial charge in [0.25, 0.3) is 31.9 Å². The van der Waals surface area contributed by atoms with Crippen LogP contribution in [0.1, 0.15) is 96.6 Å². The van der Waals surface area contributed by atoms with Crippen molar-refractivity contribution in [2.75, 3.05) is 0 Å². The number of benzene rings is 4. The molecule has 2 fully saturated rings. The van der Waals surface area contributed by atoms with Crippen LogP contribution >= 0.6 is 0 Å². The lowest BCUT2D eigenvalue weighted by Crippen LogP contribution is -2.31. The summed E-state index contributed by atoms with van der Waals surface area (Å²) in [7, 11) is -8.17. The molecule has 0 spiro atoms. The van der Waals surface area contributed by atoms with Gasteiger partial charge in [0.1, 0.15) is 0 Å². The largest absolute Gasteiger partial charge is 0.392 e. The molecule has 4 aromatic rings. The fraction of sp³-hybridized carbons (Fsp3) is 0.282. The molecule has 14 heteroatoms. The van der Waals surface area contributed by atoms with Gasteiger partial charge in [0.05, 0.1) is 23.0 Å². The highest BCUT2D eigenvalue weighted by Gasteiger charge is 2.27. The zero-order valence-electron chi connectivity index (χ0n) is 28.9. The standard InChI is InChI=1S/C20H21NO5S.C19H19NO5S/c1-13-2-5-16(12-22)18(10-13)20(24)21-27(25,26)17-8-6-15(7-9-17)19(23)11-14-3-4-14;21-12-15-3-1-2-4-17(15)19(23)20-26(24,25)16-9-7-14(8-10-16)18(22)11-13-5-6-13/h2,5-10,14,22H,3-4,11-12H2,1H3,(H,21,24);1-4,7-10,13,21H,5-6,11-12H2,(H,20,23). The van der Waals surface area contributed by atoms with Gasteiger partial charge >= 0.3 is 0 Å². The number of sulfonamides is 2. The van der Waals surface area contributed by atoms with E-state index in [1.165, 1.54) is 60.7 Å². The van der Waals surface area contributed by atoms with Crippen molar-refractivity contribution < 1.29 is 46.2 Å². The highest BCUT2D eigenvalue weighted by Crippen LogP contribution is 2.34. The number of rotatable bonds is 14. The minimum Gasteiger partial charge on any atom is -0.392 e. The van der Waals surface area contributed by atoms with Crippen molar-refractivity contribution in [2.24, 2.45) is 11.8 Å². The Hall–Kier alpha value is -5.02. The molecule has 0 radical (unpaired) electrons. The predicted octanol–water partition coefficient (Wildman–Crippen LogP) is 4.87. The molecule has 2 aliphatic carbocycles. The monoisotopic (exact) mass is 760 g/mol. The molecule has 2 saturated carbocycles. The Balaban J connectivity index is 0.000000204. The highest BCUT2D eigenvalue weighted by atomic mass is 32.2. The maximum absolute atomic E-state index is 12.5. The van der Waals surface area contributed by atoms with Crippen molar-refractivity contribution in [2.45, 2.75) is 68.5 Å². The van der Waals surface area contributed by atoms with Crippen molar-refractivity contribution in [1.82, 2.24) is 9.44 Å². The topological polar surface area (TPSA) is 201 Å². The first-order valence-electron chi connectivity index (χ1n) is 17.0. The molecule has 4 aromatic carbocycles. The van der Waals surface area contributed by atoms with E-state index >= 15 is 0 Å². The number of hydrogen-bond acceptors (Lipinski definition) is 10. The van der Waals surface area contributed by atoms with Gasteiger partial charge in [-0.25, -0.2) is 26.3 Å². The van der Waals surface area contributed by atoms with Crippen LogP contribution in [0.25, 0.3) is 0 Å². The van der Waals surface area contributed by atoms with Crippen molar-refractivity contribution in [3.05, 3.63) is 130 Å². The van der Waals surface area contributed by atoms with Gasteiger partial charge in [-0.3, -0.25) is 19.2 Å². The third-order valence-electron chi connectivity index (χ3n) is 8.88. The summed E-state index contributed by atoms with van der Waals surface area (Å²) in [5.41, 5.74) is 2.58. The second-order valence-electron chi connectivity index (χ2n) is 13.2. The summed E-state index contributed by atoms with van der Waals surface area (Å²) in [4.78, 5) is 48.6. The Bertz CT molecular complexity index is 2230. The van der Waals surface area contributed by atoms with E-state index in [0.717, 1.165) is 31.2 Å². The van der Waals surface area contributed by atoms with Crippen LogP contribution in [0.15, 0.2) is 101 Å². The summed E-state index contributed by atoms with van der Waals surface area (Å²) in [6.07, 6.45) is 5.25. The zero-order valence-corrected chi connectivity index (χ0v) is 30.6. The molecule has 6 rings (SSSR count). The number of aliphatic hydroxyl groups is 2. The van der Waals surface area contributed by atoms with Crippen LogP contribution in [-0.2, 0) is 33.3 Å². The molecule has 0 unspecified atom stereocenters. The first-order chi connectivity index (χ1) is 25.2. The third kappa shape index (κ3) is 10.5. The van der Waals surface area contributed by atoms with Crippen molar-refractivity contribution >= 4 is 43.4 Å². The molecule has 53 heavy (non-hydrogen) atoms. The zero-order chi connectivity index (χ0) is 38.3. The first kappa shape index (κ1) is 39.2. The Morgan fingerprint density at radius 1 is 0.585 bits per heavy atom. The molecular formula is C39H40N2O10S2. The number of amides is 2. The van der Waals surface area contributed by atoms with Crippen LogP contribution in [0.4, 0.5) is 0 Å². The van der Waals surface area contributed by atoms with Crippen LogP contribution in [0.3, 0.4) is 0 Å². The number of hydrogen-bond donors (Lipinski definition) is 4. The quantitative estimate of drug-likeness (QED) is 0.129. The van der Waals surface area contributed by atoms with E-state index in [4.69, 9.17) is 0 Å². The van der Waals surface area contributed by atoms with Crippen molar-refractivity contribution in [3.63, 3.8) is 0 Å². The minimum atomic E-state index is -4.09. The van der Waals surface area contributed by atoms with E-state index in [1.54, 1.807) is 37.3 Å². The van der Waals surface area contributed by atoms with E-state index < -0.39 is 31.9 Å². The Morgan fingerprint density at radius 3 is 1.43 bits per heavy atom. The predicted molar refractivity (Wildman–Crippen MR) is 195 cm³/mol. The van der Waals surface area contributed by atoms with Gasteiger partial charge in [-0.2, -0.15) is 0 Å². The van der Waals surface area contributed by atoms with Crippen LogP contribution in [0.2, 0.25) is 0 Å². The average molecular weight is 761 g/mol. The van der Waals surface area contributed by atoms with Crippen molar-refractivity contribution in [1.29, 1.82) is 0 Å². The molecular weight excluding hydrogens is 721 g/mol. The van der Waals surface area contributed by atoms with Gasteiger partial charge in [0.2, 0.25) is 0 Å². The molecule has 4 N–H and O–H groups in total. The molecule has 0 saturated heterocycles. The number of aryl methyl sites for hydroxylation is 1. The van der Waals surface area contributed by atoms with Crippen LogP contribution in [0.5, 0.6) is 0 Å². The maximum atomic E-state index is 12.5.